The van der Waals surface area contributed by atoms with Crippen molar-refractivity contribution in [2.45, 2.75) is 110 Å². The predicted molar refractivity (Wildman–Crippen MR) is 129 cm³/mol. The van der Waals surface area contributed by atoms with Crippen molar-refractivity contribution < 1.29 is 24.5 Å². The molecule has 0 spiro atoms. The molecule has 8 nitrogen and oxygen atoms in total. The van der Waals surface area contributed by atoms with Gasteiger partial charge in [-0.1, -0.05) is 13.3 Å². The van der Waals surface area contributed by atoms with Gasteiger partial charge in [-0.15, -0.1) is 0 Å². The number of aliphatic carboxylic acids is 1. The number of rotatable bonds is 10. The van der Waals surface area contributed by atoms with Crippen molar-refractivity contribution in [1.82, 2.24) is 9.55 Å². The zero-order chi connectivity index (χ0) is 25.0. The minimum absolute atomic E-state index is 0.0602. The van der Waals surface area contributed by atoms with Gasteiger partial charge in [-0.25, -0.2) is 4.98 Å². The van der Waals surface area contributed by atoms with E-state index in [1.807, 2.05) is 33.3 Å². The Kier molecular flexibility index (Phi) is 12.7. The van der Waals surface area contributed by atoms with Gasteiger partial charge in [-0.2, -0.15) is 0 Å². The van der Waals surface area contributed by atoms with Gasteiger partial charge in [-0.3, -0.25) is 9.59 Å². The minimum Gasteiger partial charge on any atom is -0.481 e. The van der Waals surface area contributed by atoms with E-state index in [-0.39, 0.29) is 18.6 Å². The molecule has 0 radical (unpaired) electrons. The molecular weight excluding hydrogens is 422 g/mol. The number of carboxylic acids is 1. The molecule has 0 aliphatic heterocycles. The van der Waals surface area contributed by atoms with Crippen LogP contribution in [0.15, 0.2) is 12.5 Å². The molecule has 1 aliphatic rings. The molecule has 1 aliphatic carbocycles. The first kappa shape index (κ1) is 29.1. The van der Waals surface area contributed by atoms with Crippen molar-refractivity contribution in [2.24, 2.45) is 17.6 Å². The highest BCUT2D eigenvalue weighted by Crippen LogP contribution is 2.32. The number of hydrogen-bond donors (Lipinski definition) is 3. The summed E-state index contributed by atoms with van der Waals surface area (Å²) in [6.45, 7) is 9.67. The van der Waals surface area contributed by atoms with Crippen LogP contribution in [0, 0.1) is 11.8 Å². The first-order valence-electron chi connectivity index (χ1n) is 12.2. The quantitative estimate of drug-likeness (QED) is 0.349. The lowest BCUT2D eigenvalue weighted by molar-refractivity contribution is -0.154. The van der Waals surface area contributed by atoms with Crippen LogP contribution in [0.5, 0.6) is 0 Å². The summed E-state index contributed by atoms with van der Waals surface area (Å²) in [6.07, 6.45) is 11.4. The number of imidazole rings is 1. The van der Waals surface area contributed by atoms with E-state index < -0.39 is 17.5 Å². The van der Waals surface area contributed by atoms with Gasteiger partial charge in [0.15, 0.2) is 0 Å². The summed E-state index contributed by atoms with van der Waals surface area (Å²) in [5.41, 5.74) is 5.41. The van der Waals surface area contributed by atoms with E-state index in [0.717, 1.165) is 11.6 Å². The van der Waals surface area contributed by atoms with Crippen LogP contribution >= 0.6 is 0 Å². The van der Waals surface area contributed by atoms with E-state index in [2.05, 4.69) is 16.5 Å². The Bertz CT molecular complexity index is 703. The first-order chi connectivity index (χ1) is 15.4. The SMILES string of the molecule is CC1CCC(n2cnc(C[C@H](CCCCC(=O)OC(C)(C)C)C(=O)O)c2)CC1.C[C@H](N)CO. The molecule has 0 amide bonds. The Morgan fingerprint density at radius 1 is 1.24 bits per heavy atom. The second kappa shape index (κ2) is 14.4. The van der Waals surface area contributed by atoms with E-state index in [4.69, 9.17) is 15.6 Å². The molecule has 0 unspecified atom stereocenters. The third-order valence-corrected chi connectivity index (χ3v) is 5.76. The van der Waals surface area contributed by atoms with Crippen molar-refractivity contribution in [3.63, 3.8) is 0 Å². The third-order valence-electron chi connectivity index (χ3n) is 5.76. The zero-order valence-corrected chi connectivity index (χ0v) is 21.1. The second-order valence-electron chi connectivity index (χ2n) is 10.5. The molecule has 1 fully saturated rings. The number of ether oxygens (including phenoxy) is 1. The number of carbonyl (C=O) groups excluding carboxylic acids is 1. The molecule has 0 aromatic carbocycles. The third kappa shape index (κ3) is 12.8. The second-order valence-corrected chi connectivity index (χ2v) is 10.5. The molecule has 2 rings (SSSR count). The monoisotopic (exact) mass is 467 g/mol. The highest BCUT2D eigenvalue weighted by molar-refractivity contribution is 5.70. The van der Waals surface area contributed by atoms with Crippen LogP contribution in [-0.4, -0.2) is 50.0 Å². The average Bonchev–Trinajstić information content (AvgIpc) is 3.18. The summed E-state index contributed by atoms with van der Waals surface area (Å²) < 4.78 is 7.46. The molecule has 1 aromatic rings. The normalized spacial score (nSPS) is 20.3. The van der Waals surface area contributed by atoms with Gasteiger partial charge in [0.1, 0.15) is 5.60 Å². The first-order valence-corrected chi connectivity index (χ1v) is 12.2. The Balaban J connectivity index is 0.000000981. The van der Waals surface area contributed by atoms with E-state index in [1.54, 1.807) is 6.92 Å². The highest BCUT2D eigenvalue weighted by atomic mass is 16.6. The number of hydrogen-bond acceptors (Lipinski definition) is 6. The topological polar surface area (TPSA) is 128 Å². The van der Waals surface area contributed by atoms with Gasteiger partial charge in [0.05, 0.1) is 24.5 Å². The highest BCUT2D eigenvalue weighted by Gasteiger charge is 2.23. The molecule has 1 aromatic heterocycles. The number of nitrogens with zero attached hydrogens (tertiary/aromatic N) is 2. The molecule has 0 saturated heterocycles. The van der Waals surface area contributed by atoms with Crippen LogP contribution in [0.1, 0.15) is 97.7 Å². The number of aliphatic hydroxyl groups is 1. The number of esters is 1. The van der Waals surface area contributed by atoms with Crippen molar-refractivity contribution in [1.29, 1.82) is 0 Å². The predicted octanol–water partition coefficient (Wildman–Crippen LogP) is 4.11. The van der Waals surface area contributed by atoms with Gasteiger partial charge in [0.25, 0.3) is 0 Å². The van der Waals surface area contributed by atoms with Crippen LogP contribution in [0.25, 0.3) is 0 Å². The van der Waals surface area contributed by atoms with Gasteiger partial charge in [0, 0.05) is 31.1 Å². The number of nitrogens with two attached hydrogens (primary N) is 1. The summed E-state index contributed by atoms with van der Waals surface area (Å²) in [6, 6.07) is 0.435. The Morgan fingerprint density at radius 2 is 1.85 bits per heavy atom. The lowest BCUT2D eigenvalue weighted by Gasteiger charge is -2.26. The van der Waals surface area contributed by atoms with Gasteiger partial charge in [-0.05, 0) is 72.1 Å². The largest absolute Gasteiger partial charge is 0.481 e. The van der Waals surface area contributed by atoms with Gasteiger partial charge < -0.3 is 25.3 Å². The number of unbranched alkanes of at least 4 members (excludes halogenated alkanes) is 1. The number of carboxylic acid groups (broad SMARTS) is 1. The maximum Gasteiger partial charge on any atom is 0.306 e. The standard InChI is InChI=1S/C22H36N2O4.C3H9NO/c1-16-9-11-19(12-10-16)24-14-18(23-15-24)13-17(21(26)27)7-5-6-8-20(25)28-22(2,3)4;1-3(4)2-5/h14-17,19H,5-13H2,1-4H3,(H,26,27);3,5H,2,4H2,1H3/t16?,17-,19?;3-/m00/s1. The molecule has 1 heterocycles. The van der Waals surface area contributed by atoms with Crippen LogP contribution in [0.4, 0.5) is 0 Å². The van der Waals surface area contributed by atoms with E-state index >= 15 is 0 Å². The van der Waals surface area contributed by atoms with Crippen molar-refractivity contribution in [3.05, 3.63) is 18.2 Å². The Hall–Kier alpha value is -1.93. The Morgan fingerprint density at radius 3 is 2.36 bits per heavy atom. The molecule has 190 valence electrons. The van der Waals surface area contributed by atoms with E-state index in [0.29, 0.717) is 38.1 Å². The lowest BCUT2D eigenvalue weighted by atomic mass is 9.87. The number of carbonyl (C=O) groups is 2. The van der Waals surface area contributed by atoms with Crippen LogP contribution in [0.2, 0.25) is 0 Å². The molecule has 1 saturated carbocycles. The van der Waals surface area contributed by atoms with Crippen LogP contribution in [-0.2, 0) is 20.7 Å². The van der Waals surface area contributed by atoms with Gasteiger partial charge >= 0.3 is 11.9 Å². The maximum absolute atomic E-state index is 11.8. The zero-order valence-electron chi connectivity index (χ0n) is 21.1. The molecule has 33 heavy (non-hydrogen) atoms. The molecule has 4 N–H and O–H groups in total. The summed E-state index contributed by atoms with van der Waals surface area (Å²) in [5.74, 6) is -0.678. The minimum atomic E-state index is -0.793. The average molecular weight is 468 g/mol. The van der Waals surface area contributed by atoms with Crippen molar-refractivity contribution in [2.75, 3.05) is 6.61 Å². The molecule has 2 atom stereocenters. The summed E-state index contributed by atoms with van der Waals surface area (Å²) in [4.78, 5) is 27.8. The summed E-state index contributed by atoms with van der Waals surface area (Å²) >= 11 is 0. The molecular formula is C25H45N3O5. The number of aromatic nitrogens is 2. The van der Waals surface area contributed by atoms with Gasteiger partial charge in [0.2, 0.25) is 0 Å². The fraction of sp³-hybridized carbons (Fsp3) is 0.800. The fourth-order valence-corrected chi connectivity index (χ4v) is 3.84. The fourth-order valence-electron chi connectivity index (χ4n) is 3.84. The van der Waals surface area contributed by atoms with Crippen LogP contribution < -0.4 is 5.73 Å². The maximum atomic E-state index is 11.8. The Labute approximate surface area is 198 Å². The lowest BCUT2D eigenvalue weighted by Crippen LogP contribution is -2.23. The van der Waals surface area contributed by atoms with Crippen molar-refractivity contribution in [3.8, 4) is 0 Å². The summed E-state index contributed by atoms with van der Waals surface area (Å²) in [7, 11) is 0. The van der Waals surface area contributed by atoms with Crippen molar-refractivity contribution >= 4 is 11.9 Å². The molecule has 8 heteroatoms. The molecule has 0 bridgehead atoms. The smallest absolute Gasteiger partial charge is 0.306 e. The van der Waals surface area contributed by atoms with E-state index in [9.17, 15) is 14.7 Å². The summed E-state index contributed by atoms with van der Waals surface area (Å²) in [5, 5.41) is 17.6. The van der Waals surface area contributed by atoms with E-state index in [1.165, 1.54) is 25.7 Å². The number of aliphatic hydroxyl groups excluding tert-OH is 1. The van der Waals surface area contributed by atoms with Crippen LogP contribution in [0.3, 0.4) is 0 Å².